The molecule has 0 bridgehead atoms. The summed E-state index contributed by atoms with van der Waals surface area (Å²) in [6, 6.07) is 8.04. The van der Waals surface area contributed by atoms with Crippen molar-refractivity contribution in [3.63, 3.8) is 0 Å². The molecule has 0 aliphatic carbocycles. The molecule has 0 aliphatic rings. The predicted molar refractivity (Wildman–Crippen MR) is 79.7 cm³/mol. The van der Waals surface area contributed by atoms with E-state index in [4.69, 9.17) is 9.47 Å². The van der Waals surface area contributed by atoms with Gasteiger partial charge < -0.3 is 14.8 Å². The molecule has 0 spiro atoms. The fourth-order valence-electron chi connectivity index (χ4n) is 1.88. The molecular formula is C16H27NO2. The number of hydrogen-bond donors (Lipinski definition) is 1. The van der Waals surface area contributed by atoms with Gasteiger partial charge >= 0.3 is 0 Å². The number of unbranched alkanes of at least 4 members (excludes halogenated alkanes) is 2. The topological polar surface area (TPSA) is 30.5 Å². The second-order valence-corrected chi connectivity index (χ2v) is 4.71. The van der Waals surface area contributed by atoms with Gasteiger partial charge in [0.05, 0.1) is 13.7 Å². The van der Waals surface area contributed by atoms with Crippen LogP contribution < -0.4 is 10.1 Å². The van der Waals surface area contributed by atoms with E-state index in [1.807, 2.05) is 18.2 Å². The van der Waals surface area contributed by atoms with Crippen LogP contribution in [0.3, 0.4) is 0 Å². The van der Waals surface area contributed by atoms with Crippen LogP contribution in [0.25, 0.3) is 0 Å². The Kier molecular flexibility index (Phi) is 9.11. The fourth-order valence-corrected chi connectivity index (χ4v) is 1.88. The van der Waals surface area contributed by atoms with E-state index in [-0.39, 0.29) is 0 Å². The van der Waals surface area contributed by atoms with Gasteiger partial charge in [0, 0.05) is 6.61 Å². The van der Waals surface area contributed by atoms with E-state index in [0.29, 0.717) is 6.61 Å². The molecule has 0 aliphatic heterocycles. The Morgan fingerprint density at radius 3 is 2.79 bits per heavy atom. The minimum absolute atomic E-state index is 0.672. The minimum Gasteiger partial charge on any atom is -0.497 e. The third-order valence-electron chi connectivity index (χ3n) is 2.97. The van der Waals surface area contributed by atoms with Gasteiger partial charge in [0.1, 0.15) is 5.75 Å². The zero-order valence-electron chi connectivity index (χ0n) is 12.3. The highest BCUT2D eigenvalue weighted by Gasteiger charge is 1.96. The highest BCUT2D eigenvalue weighted by Crippen LogP contribution is 2.13. The maximum atomic E-state index is 5.67. The normalized spacial score (nSPS) is 10.6. The Labute approximate surface area is 117 Å². The van der Waals surface area contributed by atoms with Crippen molar-refractivity contribution in [2.45, 2.75) is 39.2 Å². The Bertz CT molecular complexity index is 328. The van der Waals surface area contributed by atoms with Crippen molar-refractivity contribution in [1.82, 2.24) is 5.32 Å². The quantitative estimate of drug-likeness (QED) is 0.622. The van der Waals surface area contributed by atoms with Gasteiger partial charge in [-0.3, -0.25) is 0 Å². The van der Waals surface area contributed by atoms with E-state index in [0.717, 1.165) is 31.9 Å². The molecule has 3 heteroatoms. The van der Waals surface area contributed by atoms with Crippen LogP contribution in [0.2, 0.25) is 0 Å². The predicted octanol–water partition coefficient (Wildman–Crippen LogP) is 3.38. The van der Waals surface area contributed by atoms with Gasteiger partial charge in [0.15, 0.2) is 0 Å². The average molecular weight is 265 g/mol. The number of nitrogens with one attached hydrogen (secondary N) is 1. The van der Waals surface area contributed by atoms with Gasteiger partial charge in [-0.1, -0.05) is 19.1 Å². The van der Waals surface area contributed by atoms with Crippen molar-refractivity contribution in [2.75, 3.05) is 26.8 Å². The zero-order valence-corrected chi connectivity index (χ0v) is 12.3. The zero-order chi connectivity index (χ0) is 13.8. The maximum absolute atomic E-state index is 5.67. The van der Waals surface area contributed by atoms with Gasteiger partial charge in [-0.25, -0.2) is 0 Å². The first-order chi connectivity index (χ1) is 9.36. The van der Waals surface area contributed by atoms with Gasteiger partial charge in [-0.05, 0) is 56.5 Å². The summed E-state index contributed by atoms with van der Waals surface area (Å²) < 4.78 is 10.9. The highest BCUT2D eigenvalue weighted by atomic mass is 16.5. The Hall–Kier alpha value is -1.06. The third-order valence-corrected chi connectivity index (χ3v) is 2.97. The van der Waals surface area contributed by atoms with Crippen molar-refractivity contribution >= 4 is 0 Å². The Balaban J connectivity index is 1.98. The average Bonchev–Trinajstić information content (AvgIpc) is 2.46. The number of rotatable bonds is 11. The van der Waals surface area contributed by atoms with E-state index >= 15 is 0 Å². The molecule has 19 heavy (non-hydrogen) atoms. The fraction of sp³-hybridized carbons (Fsp3) is 0.625. The van der Waals surface area contributed by atoms with Crippen molar-refractivity contribution in [3.8, 4) is 5.75 Å². The van der Waals surface area contributed by atoms with Crippen LogP contribution in [0.4, 0.5) is 0 Å². The summed E-state index contributed by atoms with van der Waals surface area (Å²) in [4.78, 5) is 0. The summed E-state index contributed by atoms with van der Waals surface area (Å²) in [6.45, 7) is 5.96. The molecule has 0 saturated heterocycles. The highest BCUT2D eigenvalue weighted by molar-refractivity contribution is 5.27. The molecule has 0 saturated carbocycles. The first-order valence-corrected chi connectivity index (χ1v) is 7.28. The molecule has 0 radical (unpaired) electrons. The smallest absolute Gasteiger partial charge is 0.119 e. The van der Waals surface area contributed by atoms with E-state index in [1.54, 1.807) is 7.11 Å². The van der Waals surface area contributed by atoms with Crippen LogP contribution in [0.5, 0.6) is 5.75 Å². The molecule has 1 rings (SSSR count). The summed E-state index contributed by atoms with van der Waals surface area (Å²) in [7, 11) is 1.69. The lowest BCUT2D eigenvalue weighted by Gasteiger charge is -2.06. The lowest BCUT2D eigenvalue weighted by Crippen LogP contribution is -2.15. The van der Waals surface area contributed by atoms with Crippen LogP contribution in [0.1, 0.15) is 38.2 Å². The Morgan fingerprint density at radius 1 is 1.11 bits per heavy atom. The molecule has 1 aromatic carbocycles. The van der Waals surface area contributed by atoms with Crippen molar-refractivity contribution in [2.24, 2.45) is 0 Å². The summed E-state index contributed by atoms with van der Waals surface area (Å²) >= 11 is 0. The molecule has 0 unspecified atom stereocenters. The van der Waals surface area contributed by atoms with Crippen molar-refractivity contribution < 1.29 is 9.47 Å². The molecule has 1 N–H and O–H groups in total. The number of ether oxygens (including phenoxy) is 2. The molecule has 0 heterocycles. The van der Waals surface area contributed by atoms with Crippen LogP contribution in [0, 0.1) is 0 Å². The van der Waals surface area contributed by atoms with Crippen LogP contribution in [-0.2, 0) is 11.3 Å². The van der Waals surface area contributed by atoms with Gasteiger partial charge in [-0.15, -0.1) is 0 Å². The maximum Gasteiger partial charge on any atom is 0.119 e. The van der Waals surface area contributed by atoms with E-state index < -0.39 is 0 Å². The molecule has 0 atom stereocenters. The van der Waals surface area contributed by atoms with E-state index in [1.165, 1.54) is 24.8 Å². The van der Waals surface area contributed by atoms with Crippen LogP contribution >= 0.6 is 0 Å². The molecule has 1 aromatic rings. The van der Waals surface area contributed by atoms with Crippen LogP contribution in [-0.4, -0.2) is 26.8 Å². The largest absolute Gasteiger partial charge is 0.497 e. The van der Waals surface area contributed by atoms with Gasteiger partial charge in [-0.2, -0.15) is 0 Å². The molecular weight excluding hydrogens is 238 g/mol. The van der Waals surface area contributed by atoms with Gasteiger partial charge in [0.2, 0.25) is 0 Å². The number of methoxy groups -OCH3 is 1. The molecule has 3 nitrogen and oxygen atoms in total. The summed E-state index contributed by atoms with van der Waals surface area (Å²) in [5.41, 5.74) is 1.17. The lowest BCUT2D eigenvalue weighted by molar-refractivity contribution is 0.116. The second-order valence-electron chi connectivity index (χ2n) is 4.71. The molecule has 0 amide bonds. The number of benzene rings is 1. The summed E-state index contributed by atoms with van der Waals surface area (Å²) in [5, 5.41) is 3.41. The molecule has 0 aromatic heterocycles. The van der Waals surface area contributed by atoms with Crippen molar-refractivity contribution in [3.05, 3.63) is 29.8 Å². The summed E-state index contributed by atoms with van der Waals surface area (Å²) in [5.74, 6) is 0.892. The second kappa shape index (κ2) is 10.8. The van der Waals surface area contributed by atoms with E-state index in [9.17, 15) is 0 Å². The summed E-state index contributed by atoms with van der Waals surface area (Å²) in [6.07, 6.45) is 4.82. The minimum atomic E-state index is 0.672. The van der Waals surface area contributed by atoms with E-state index in [2.05, 4.69) is 18.3 Å². The van der Waals surface area contributed by atoms with Crippen LogP contribution in [0.15, 0.2) is 24.3 Å². The molecule has 0 fully saturated rings. The lowest BCUT2D eigenvalue weighted by atomic mass is 10.2. The number of hydrogen-bond acceptors (Lipinski definition) is 3. The van der Waals surface area contributed by atoms with Gasteiger partial charge in [0.25, 0.3) is 0 Å². The standard InChI is InChI=1S/C16H27NO2/c1-3-10-17-11-5-4-6-12-19-14-15-8-7-9-16(13-15)18-2/h7-9,13,17H,3-6,10-12,14H2,1-2H3. The first kappa shape index (κ1) is 16.0. The van der Waals surface area contributed by atoms with Crippen molar-refractivity contribution in [1.29, 1.82) is 0 Å². The Morgan fingerprint density at radius 2 is 2.00 bits per heavy atom. The SMILES string of the molecule is CCCNCCCCCOCc1cccc(OC)c1. The monoisotopic (exact) mass is 265 g/mol. The molecule has 108 valence electrons. The third kappa shape index (κ3) is 7.85. The first-order valence-electron chi connectivity index (χ1n) is 7.28.